The monoisotopic (exact) mass is 452 g/mol. The first-order valence-electron chi connectivity index (χ1n) is 11.2. The van der Waals surface area contributed by atoms with Gasteiger partial charge in [-0.05, 0) is 56.4 Å². The largest absolute Gasteiger partial charge is 0.460 e. The quantitative estimate of drug-likeness (QED) is 0.587. The Labute approximate surface area is 194 Å². The zero-order valence-electron chi connectivity index (χ0n) is 19.6. The van der Waals surface area contributed by atoms with Crippen LogP contribution in [0.4, 0.5) is 4.79 Å². The molecule has 1 aliphatic rings. The Hall–Kier alpha value is -3.35. The van der Waals surface area contributed by atoms with Crippen molar-refractivity contribution in [1.82, 2.24) is 10.6 Å². The van der Waals surface area contributed by atoms with E-state index in [2.05, 4.69) is 22.8 Å². The summed E-state index contributed by atoms with van der Waals surface area (Å²) in [6.45, 7) is 7.22. The van der Waals surface area contributed by atoms with Crippen molar-refractivity contribution in [3.63, 3.8) is 0 Å². The number of alkyl carbamates (subject to hydrolysis) is 1. The van der Waals surface area contributed by atoms with E-state index < -0.39 is 11.7 Å². The lowest BCUT2D eigenvalue weighted by molar-refractivity contribution is -0.155. The first kappa shape index (κ1) is 24.3. The van der Waals surface area contributed by atoms with Crippen LogP contribution >= 0.6 is 0 Å². The highest BCUT2D eigenvalue weighted by molar-refractivity contribution is 5.82. The summed E-state index contributed by atoms with van der Waals surface area (Å²) in [7, 11) is 0. The molecule has 2 aromatic carbocycles. The van der Waals surface area contributed by atoms with Gasteiger partial charge >= 0.3 is 12.1 Å². The molecule has 2 N–H and O–H groups in total. The number of hydrogen-bond donors (Lipinski definition) is 2. The van der Waals surface area contributed by atoms with Gasteiger partial charge in [0.05, 0.1) is 0 Å². The fraction of sp³-hybridized carbons (Fsp3) is 0.423. The van der Waals surface area contributed by atoms with Gasteiger partial charge in [0.1, 0.15) is 18.8 Å². The third-order valence-corrected chi connectivity index (χ3v) is 5.35. The van der Waals surface area contributed by atoms with Crippen molar-refractivity contribution in [3.8, 4) is 11.1 Å². The molecule has 0 saturated heterocycles. The van der Waals surface area contributed by atoms with Gasteiger partial charge in [0.2, 0.25) is 5.91 Å². The Morgan fingerprint density at radius 2 is 1.55 bits per heavy atom. The fourth-order valence-corrected chi connectivity index (χ4v) is 3.93. The summed E-state index contributed by atoms with van der Waals surface area (Å²) < 4.78 is 10.7. The van der Waals surface area contributed by atoms with Gasteiger partial charge in [0.25, 0.3) is 0 Å². The molecule has 0 heterocycles. The second-order valence-electron chi connectivity index (χ2n) is 9.27. The predicted molar refractivity (Wildman–Crippen MR) is 126 cm³/mol. The number of hydrogen-bond acceptors (Lipinski definition) is 5. The number of benzene rings is 2. The van der Waals surface area contributed by atoms with Crippen molar-refractivity contribution in [2.24, 2.45) is 0 Å². The van der Waals surface area contributed by atoms with Crippen molar-refractivity contribution in [3.05, 3.63) is 59.7 Å². The van der Waals surface area contributed by atoms with Crippen molar-refractivity contribution >= 4 is 18.0 Å². The average molecular weight is 453 g/mol. The minimum atomic E-state index is -0.645. The molecule has 1 atom stereocenters. The molecule has 2 amide bonds. The van der Waals surface area contributed by atoms with E-state index in [4.69, 9.17) is 9.47 Å². The van der Waals surface area contributed by atoms with Gasteiger partial charge in [-0.25, -0.2) is 4.79 Å². The number of carbonyl (C=O) groups is 3. The number of esters is 1. The van der Waals surface area contributed by atoms with E-state index in [1.54, 1.807) is 6.92 Å². The first-order chi connectivity index (χ1) is 15.6. The molecule has 0 aliphatic heterocycles. The third-order valence-electron chi connectivity index (χ3n) is 5.35. The lowest BCUT2D eigenvalue weighted by atomic mass is 9.98. The van der Waals surface area contributed by atoms with Gasteiger partial charge in [0, 0.05) is 18.4 Å². The molecule has 2 aromatic rings. The maximum Gasteiger partial charge on any atom is 0.407 e. The lowest BCUT2D eigenvalue weighted by Gasteiger charge is -2.20. The zero-order valence-corrected chi connectivity index (χ0v) is 19.6. The molecule has 33 heavy (non-hydrogen) atoms. The molecule has 7 nitrogen and oxygen atoms in total. The molecule has 3 rings (SSSR count). The highest BCUT2D eigenvalue weighted by atomic mass is 16.6. The lowest BCUT2D eigenvalue weighted by Crippen LogP contribution is -2.41. The number of nitrogens with one attached hydrogen (secondary N) is 2. The molecule has 0 spiro atoms. The molecule has 176 valence electrons. The SMILES string of the molecule is C[C@@H](CCC(=O)OC(C)(C)C)NC(=O)CNC(=O)OCC1c2ccccc2-c2ccccc21. The van der Waals surface area contributed by atoms with Gasteiger partial charge in [-0.3, -0.25) is 9.59 Å². The maximum atomic E-state index is 12.2. The molecule has 0 aromatic heterocycles. The number of carbonyl (C=O) groups excluding carboxylic acids is 3. The third kappa shape index (κ3) is 6.81. The number of rotatable bonds is 8. The predicted octanol–water partition coefficient (Wildman–Crippen LogP) is 4.15. The Bertz CT molecular complexity index is 966. The van der Waals surface area contributed by atoms with E-state index >= 15 is 0 Å². The Morgan fingerprint density at radius 1 is 0.970 bits per heavy atom. The first-order valence-corrected chi connectivity index (χ1v) is 11.2. The fourth-order valence-electron chi connectivity index (χ4n) is 3.93. The van der Waals surface area contributed by atoms with Crippen LogP contribution in [-0.4, -0.2) is 42.8 Å². The van der Waals surface area contributed by atoms with E-state index in [1.807, 2.05) is 57.2 Å². The summed E-state index contributed by atoms with van der Waals surface area (Å²) in [6, 6.07) is 16.0. The van der Waals surface area contributed by atoms with Crippen LogP contribution in [0.5, 0.6) is 0 Å². The Kier molecular flexibility index (Phi) is 7.74. The summed E-state index contributed by atoms with van der Waals surface area (Å²) in [5.41, 5.74) is 4.03. The van der Waals surface area contributed by atoms with Crippen LogP contribution in [-0.2, 0) is 19.1 Å². The van der Waals surface area contributed by atoms with Gasteiger partial charge < -0.3 is 20.1 Å². The minimum Gasteiger partial charge on any atom is -0.460 e. The molecule has 0 unspecified atom stereocenters. The van der Waals surface area contributed by atoms with E-state index in [1.165, 1.54) is 0 Å². The molecule has 0 saturated carbocycles. The average Bonchev–Trinajstić information content (AvgIpc) is 3.07. The second-order valence-corrected chi connectivity index (χ2v) is 9.27. The number of fused-ring (bicyclic) bond motifs is 3. The van der Waals surface area contributed by atoms with E-state index in [0.29, 0.717) is 6.42 Å². The van der Waals surface area contributed by atoms with Crippen molar-refractivity contribution in [2.45, 2.75) is 58.1 Å². The van der Waals surface area contributed by atoms with Crippen LogP contribution in [0, 0.1) is 0 Å². The molecular weight excluding hydrogens is 420 g/mol. The topological polar surface area (TPSA) is 93.7 Å². The summed E-state index contributed by atoms with van der Waals surface area (Å²) in [5.74, 6) is -0.689. The van der Waals surface area contributed by atoms with Crippen LogP contribution in [0.1, 0.15) is 57.6 Å². The zero-order chi connectivity index (χ0) is 24.0. The minimum absolute atomic E-state index is 0.0372. The molecule has 7 heteroatoms. The highest BCUT2D eigenvalue weighted by Crippen LogP contribution is 2.44. The highest BCUT2D eigenvalue weighted by Gasteiger charge is 2.29. The smallest absolute Gasteiger partial charge is 0.407 e. The molecular formula is C26H32N2O5. The summed E-state index contributed by atoms with van der Waals surface area (Å²) >= 11 is 0. The Morgan fingerprint density at radius 3 is 2.12 bits per heavy atom. The molecule has 0 fully saturated rings. The Balaban J connectivity index is 1.41. The van der Waals surface area contributed by atoms with Crippen LogP contribution in [0.3, 0.4) is 0 Å². The summed E-state index contributed by atoms with van der Waals surface area (Å²) in [5, 5.41) is 5.25. The normalized spacial score (nSPS) is 13.5. The van der Waals surface area contributed by atoms with Crippen LogP contribution in [0.15, 0.2) is 48.5 Å². The second kappa shape index (κ2) is 10.5. The van der Waals surface area contributed by atoms with Crippen molar-refractivity contribution in [1.29, 1.82) is 0 Å². The van der Waals surface area contributed by atoms with Gasteiger partial charge in [0.15, 0.2) is 0 Å². The van der Waals surface area contributed by atoms with E-state index in [-0.39, 0.29) is 43.4 Å². The van der Waals surface area contributed by atoms with Gasteiger partial charge in [-0.1, -0.05) is 48.5 Å². The number of ether oxygens (including phenoxy) is 2. The van der Waals surface area contributed by atoms with Gasteiger partial charge in [-0.15, -0.1) is 0 Å². The van der Waals surface area contributed by atoms with E-state index in [0.717, 1.165) is 22.3 Å². The van der Waals surface area contributed by atoms with E-state index in [9.17, 15) is 14.4 Å². The molecule has 0 radical (unpaired) electrons. The summed E-state index contributed by atoms with van der Waals surface area (Å²) in [4.78, 5) is 36.1. The standard InChI is InChI=1S/C26H32N2O5/c1-17(13-14-24(30)33-26(2,3)4)28-23(29)15-27-25(31)32-16-22-20-11-7-5-9-18(20)19-10-6-8-12-21(19)22/h5-12,17,22H,13-16H2,1-4H3,(H,27,31)(H,28,29)/t17-/m0/s1. The molecule has 1 aliphatic carbocycles. The number of amides is 2. The van der Waals surface area contributed by atoms with Gasteiger partial charge in [-0.2, -0.15) is 0 Å². The maximum absolute atomic E-state index is 12.2. The molecule has 0 bridgehead atoms. The summed E-state index contributed by atoms with van der Waals surface area (Å²) in [6.07, 6.45) is 0.0119. The van der Waals surface area contributed by atoms with Crippen molar-refractivity contribution < 1.29 is 23.9 Å². The van der Waals surface area contributed by atoms with Crippen LogP contribution in [0.25, 0.3) is 11.1 Å². The van der Waals surface area contributed by atoms with Crippen LogP contribution < -0.4 is 10.6 Å². The van der Waals surface area contributed by atoms with Crippen LogP contribution in [0.2, 0.25) is 0 Å². The van der Waals surface area contributed by atoms with Crippen molar-refractivity contribution in [2.75, 3.05) is 13.2 Å².